The van der Waals surface area contributed by atoms with Crippen molar-refractivity contribution < 1.29 is 17.4 Å². The molecule has 0 aromatic heterocycles. The van der Waals surface area contributed by atoms with Gasteiger partial charge in [0.05, 0.1) is 6.10 Å². The number of halogens is 3. The molecule has 0 aliphatic carbocycles. The Morgan fingerprint density at radius 1 is 1.24 bits per heavy atom. The van der Waals surface area contributed by atoms with Crippen LogP contribution in [0.25, 0.3) is 0 Å². The minimum absolute atomic E-state index is 0.00552. The number of hydrogen-bond acceptors (Lipinski definition) is 2. The highest BCUT2D eigenvalue weighted by molar-refractivity contribution is 6.74. The van der Waals surface area contributed by atoms with E-state index in [2.05, 4.69) is 33.9 Å². The molecule has 0 amide bonds. The molecule has 1 heterocycles. The molecule has 1 aliphatic heterocycles. The molecule has 17 heavy (non-hydrogen) atoms. The highest BCUT2D eigenvalue weighted by Gasteiger charge is 2.42. The van der Waals surface area contributed by atoms with Gasteiger partial charge in [0.1, 0.15) is 0 Å². The lowest BCUT2D eigenvalue weighted by atomic mass is 9.89. The molecular formula is C10H22BF3NOSi-. The lowest BCUT2D eigenvalue weighted by Gasteiger charge is -2.47. The summed E-state index contributed by atoms with van der Waals surface area (Å²) in [5.74, 6) is 0. The van der Waals surface area contributed by atoms with Gasteiger partial charge in [0, 0.05) is 13.1 Å². The van der Waals surface area contributed by atoms with Gasteiger partial charge in [-0.15, -0.1) is 0 Å². The van der Waals surface area contributed by atoms with Crippen molar-refractivity contribution in [3.05, 3.63) is 0 Å². The predicted octanol–water partition coefficient (Wildman–Crippen LogP) is 3.08. The van der Waals surface area contributed by atoms with Crippen LogP contribution >= 0.6 is 0 Å². The zero-order valence-electron chi connectivity index (χ0n) is 11.3. The SMILES string of the molecule is CC(C)(C)[Si](C)(C)OC1CN(C[B-](F)(F)F)C1. The molecule has 0 bridgehead atoms. The molecule has 0 unspecified atom stereocenters. The molecule has 1 rings (SSSR count). The molecule has 0 radical (unpaired) electrons. The van der Waals surface area contributed by atoms with Gasteiger partial charge in [0.2, 0.25) is 0 Å². The number of hydrogen-bond donors (Lipinski definition) is 0. The molecule has 0 saturated carbocycles. The molecule has 0 aromatic carbocycles. The fraction of sp³-hybridized carbons (Fsp3) is 1.00. The molecule has 0 N–H and O–H groups in total. The van der Waals surface area contributed by atoms with Crippen LogP contribution in [-0.4, -0.2) is 45.8 Å². The van der Waals surface area contributed by atoms with E-state index >= 15 is 0 Å². The Morgan fingerprint density at radius 3 is 2.06 bits per heavy atom. The van der Waals surface area contributed by atoms with Crippen LogP contribution in [0.15, 0.2) is 0 Å². The quantitative estimate of drug-likeness (QED) is 0.726. The second-order valence-corrected chi connectivity index (χ2v) is 11.2. The Kier molecular flexibility index (Phi) is 4.06. The van der Waals surface area contributed by atoms with Crippen molar-refractivity contribution in [3.8, 4) is 0 Å². The monoisotopic (exact) mass is 268 g/mol. The summed E-state index contributed by atoms with van der Waals surface area (Å²) in [5.41, 5.74) is 0. The van der Waals surface area contributed by atoms with E-state index in [0.717, 1.165) is 0 Å². The first-order chi connectivity index (χ1) is 7.41. The van der Waals surface area contributed by atoms with Gasteiger partial charge in [-0.3, -0.25) is 0 Å². The zero-order chi connectivity index (χ0) is 13.5. The van der Waals surface area contributed by atoms with Crippen LogP contribution in [0.5, 0.6) is 0 Å². The molecule has 102 valence electrons. The van der Waals surface area contributed by atoms with Crippen molar-refractivity contribution in [1.29, 1.82) is 0 Å². The van der Waals surface area contributed by atoms with Crippen molar-refractivity contribution in [3.63, 3.8) is 0 Å². The summed E-state index contributed by atoms with van der Waals surface area (Å²) in [5, 5.41) is 0.112. The maximum absolute atomic E-state index is 12.2. The van der Waals surface area contributed by atoms with Crippen LogP contribution in [0.2, 0.25) is 18.1 Å². The van der Waals surface area contributed by atoms with Gasteiger partial charge in [-0.1, -0.05) is 20.8 Å². The Labute approximate surface area is 103 Å². The van der Waals surface area contributed by atoms with Crippen LogP contribution in [0.1, 0.15) is 20.8 Å². The molecule has 2 nitrogen and oxygen atoms in total. The molecule has 0 aromatic rings. The summed E-state index contributed by atoms with van der Waals surface area (Å²) >= 11 is 0. The number of nitrogens with zero attached hydrogens (tertiary/aromatic N) is 1. The molecule has 1 saturated heterocycles. The van der Waals surface area contributed by atoms with Gasteiger partial charge < -0.3 is 22.3 Å². The van der Waals surface area contributed by atoms with E-state index in [4.69, 9.17) is 4.43 Å². The van der Waals surface area contributed by atoms with E-state index in [1.807, 2.05) is 0 Å². The lowest BCUT2D eigenvalue weighted by Crippen LogP contribution is -2.60. The highest BCUT2D eigenvalue weighted by atomic mass is 28.4. The van der Waals surface area contributed by atoms with Crippen LogP contribution in [0.4, 0.5) is 12.9 Å². The van der Waals surface area contributed by atoms with E-state index < -0.39 is 21.7 Å². The van der Waals surface area contributed by atoms with Gasteiger partial charge in [-0.2, -0.15) is 0 Å². The topological polar surface area (TPSA) is 12.5 Å². The van der Waals surface area contributed by atoms with Crippen LogP contribution < -0.4 is 0 Å². The number of likely N-dealkylation sites (tertiary alicyclic amines) is 1. The third kappa shape index (κ3) is 4.30. The third-order valence-electron chi connectivity index (χ3n) is 3.66. The van der Waals surface area contributed by atoms with E-state index in [1.165, 1.54) is 4.90 Å². The largest absolute Gasteiger partial charge is 0.492 e. The average molecular weight is 268 g/mol. The predicted molar refractivity (Wildman–Crippen MR) is 67.6 cm³/mol. The van der Waals surface area contributed by atoms with E-state index in [9.17, 15) is 12.9 Å². The Hall–Kier alpha value is -0.00818. The Balaban J connectivity index is 2.35. The highest BCUT2D eigenvalue weighted by Crippen LogP contribution is 2.38. The van der Waals surface area contributed by atoms with Crippen LogP contribution in [-0.2, 0) is 4.43 Å². The second-order valence-electron chi connectivity index (χ2n) is 6.43. The first-order valence-electron chi connectivity index (χ1n) is 6.02. The molecule has 1 fully saturated rings. The molecule has 0 atom stereocenters. The van der Waals surface area contributed by atoms with Gasteiger partial charge >= 0.3 is 6.98 Å². The average Bonchev–Trinajstić information content (AvgIpc) is 1.94. The van der Waals surface area contributed by atoms with Crippen molar-refractivity contribution in [2.75, 3.05) is 19.5 Å². The molecule has 0 spiro atoms. The molecular weight excluding hydrogens is 246 g/mol. The van der Waals surface area contributed by atoms with Gasteiger partial charge in [0.25, 0.3) is 0 Å². The minimum atomic E-state index is -4.70. The third-order valence-corrected chi connectivity index (χ3v) is 8.19. The first-order valence-corrected chi connectivity index (χ1v) is 8.93. The maximum Gasteiger partial charge on any atom is 0.492 e. The number of rotatable bonds is 4. The fourth-order valence-electron chi connectivity index (χ4n) is 1.63. The lowest BCUT2D eigenvalue weighted by molar-refractivity contribution is 0.0174. The zero-order valence-corrected chi connectivity index (χ0v) is 12.3. The van der Waals surface area contributed by atoms with Crippen molar-refractivity contribution >= 4 is 15.3 Å². The fourth-order valence-corrected chi connectivity index (χ4v) is 2.97. The van der Waals surface area contributed by atoms with Crippen LogP contribution in [0, 0.1) is 0 Å². The summed E-state index contributed by atoms with van der Waals surface area (Å²) in [4.78, 5) is 1.41. The summed E-state index contributed by atoms with van der Waals surface area (Å²) in [6.07, 6.45) is -0.758. The smallest absolute Gasteiger partial charge is 0.448 e. The second kappa shape index (κ2) is 4.59. The van der Waals surface area contributed by atoms with Gasteiger partial charge in [0.15, 0.2) is 8.32 Å². The van der Waals surface area contributed by atoms with E-state index in [-0.39, 0.29) is 11.1 Å². The summed E-state index contributed by atoms with van der Waals surface area (Å²) in [6.45, 7) is 6.81. The van der Waals surface area contributed by atoms with Gasteiger partial charge in [-0.05, 0) is 24.6 Å². The van der Waals surface area contributed by atoms with Crippen molar-refractivity contribution in [1.82, 2.24) is 4.90 Å². The van der Waals surface area contributed by atoms with Crippen LogP contribution in [0.3, 0.4) is 0 Å². The van der Waals surface area contributed by atoms with E-state index in [0.29, 0.717) is 13.1 Å². The first kappa shape index (κ1) is 15.1. The normalized spacial score (nSPS) is 20.5. The summed E-state index contributed by atoms with van der Waals surface area (Å²) in [6, 6.07) is 0. The van der Waals surface area contributed by atoms with Crippen molar-refractivity contribution in [2.24, 2.45) is 0 Å². The Bertz CT molecular complexity index is 272. The van der Waals surface area contributed by atoms with Crippen molar-refractivity contribution in [2.45, 2.75) is 45.0 Å². The summed E-state index contributed by atoms with van der Waals surface area (Å²) < 4.78 is 42.5. The molecule has 1 aliphatic rings. The maximum atomic E-state index is 12.2. The molecule has 7 heteroatoms. The summed E-state index contributed by atoms with van der Waals surface area (Å²) in [7, 11) is -1.83. The Morgan fingerprint density at radius 2 is 1.71 bits per heavy atom. The van der Waals surface area contributed by atoms with E-state index in [1.54, 1.807) is 0 Å². The minimum Gasteiger partial charge on any atom is -0.448 e. The standard InChI is InChI=1S/C10H22BF3NOSi/c1-10(2,3)17(4,5)16-9-6-15(7-9)8-11(12,13)14/h9H,6-8H2,1-5H3/q-1. The van der Waals surface area contributed by atoms with Gasteiger partial charge in [-0.25, -0.2) is 0 Å².